The number of nitrogens with one attached hydrogen (secondary N) is 1. The number of nitrogens with two attached hydrogens (primary N) is 1. The zero-order chi connectivity index (χ0) is 14.0. The lowest BCUT2D eigenvalue weighted by atomic mass is 10.1. The van der Waals surface area contributed by atoms with Crippen LogP contribution in [0.3, 0.4) is 0 Å². The van der Waals surface area contributed by atoms with E-state index < -0.39 is 11.7 Å². The van der Waals surface area contributed by atoms with Gasteiger partial charge >= 0.3 is 6.18 Å². The van der Waals surface area contributed by atoms with E-state index in [1.165, 1.54) is 12.1 Å². The van der Waals surface area contributed by atoms with Gasteiger partial charge in [-0.3, -0.25) is 10.6 Å². The van der Waals surface area contributed by atoms with Crippen molar-refractivity contribution in [1.82, 2.24) is 4.90 Å². The van der Waals surface area contributed by atoms with Gasteiger partial charge in [0.1, 0.15) is 0 Å². The first-order valence-electron chi connectivity index (χ1n) is 5.90. The predicted molar refractivity (Wildman–Crippen MR) is 64.4 cm³/mol. The molecule has 1 aromatic rings. The van der Waals surface area contributed by atoms with Gasteiger partial charge in [0.2, 0.25) is 0 Å². The normalized spacial score (nSPS) is 15.7. The number of hydrogen-bond acceptors (Lipinski definition) is 3. The molecule has 19 heavy (non-hydrogen) atoms. The van der Waals surface area contributed by atoms with Crippen molar-refractivity contribution in [3.05, 3.63) is 29.3 Å². The summed E-state index contributed by atoms with van der Waals surface area (Å²) in [6.07, 6.45) is -2.77. The van der Waals surface area contributed by atoms with E-state index in [0.717, 1.165) is 18.9 Å². The SMILES string of the molecule is NNc1ccc(C(=O)N2CCCC2)cc1C(F)(F)F. The number of nitrogen functional groups attached to an aromatic ring is 1. The number of carbonyl (C=O) groups excluding carboxylic acids is 1. The van der Waals surface area contributed by atoms with Crippen LogP contribution in [0, 0.1) is 0 Å². The number of halogens is 3. The Morgan fingerprint density at radius 3 is 2.42 bits per heavy atom. The van der Waals surface area contributed by atoms with Gasteiger partial charge in [-0.25, -0.2) is 0 Å². The summed E-state index contributed by atoms with van der Waals surface area (Å²) >= 11 is 0. The van der Waals surface area contributed by atoms with Gasteiger partial charge in [0.05, 0.1) is 11.3 Å². The average Bonchev–Trinajstić information content (AvgIpc) is 2.90. The van der Waals surface area contributed by atoms with Gasteiger partial charge in [0, 0.05) is 18.7 Å². The van der Waals surface area contributed by atoms with E-state index in [1.54, 1.807) is 4.90 Å². The molecule has 104 valence electrons. The van der Waals surface area contributed by atoms with Crippen molar-refractivity contribution in [1.29, 1.82) is 0 Å². The predicted octanol–water partition coefficient (Wildman–Crippen LogP) is 2.23. The molecule has 0 aromatic heterocycles. The van der Waals surface area contributed by atoms with Crippen LogP contribution < -0.4 is 11.3 Å². The van der Waals surface area contributed by atoms with E-state index in [4.69, 9.17) is 5.84 Å². The molecular weight excluding hydrogens is 259 g/mol. The number of benzene rings is 1. The number of hydrazine groups is 1. The number of likely N-dealkylation sites (tertiary alicyclic amines) is 1. The van der Waals surface area contributed by atoms with E-state index in [0.29, 0.717) is 13.1 Å². The maximum atomic E-state index is 12.8. The third kappa shape index (κ3) is 2.81. The second-order valence-corrected chi connectivity index (χ2v) is 4.40. The van der Waals surface area contributed by atoms with Crippen molar-refractivity contribution in [3.8, 4) is 0 Å². The van der Waals surface area contributed by atoms with Crippen LogP contribution in [0.4, 0.5) is 18.9 Å². The summed E-state index contributed by atoms with van der Waals surface area (Å²) in [6.45, 7) is 1.19. The maximum Gasteiger partial charge on any atom is 0.418 e. The molecule has 1 fully saturated rings. The van der Waals surface area contributed by atoms with Gasteiger partial charge in [-0.05, 0) is 31.0 Å². The Balaban J connectivity index is 2.34. The quantitative estimate of drug-likeness (QED) is 0.641. The zero-order valence-corrected chi connectivity index (χ0v) is 10.1. The first-order valence-corrected chi connectivity index (χ1v) is 5.90. The van der Waals surface area contributed by atoms with Crippen molar-refractivity contribution in [2.75, 3.05) is 18.5 Å². The summed E-state index contributed by atoms with van der Waals surface area (Å²) in [4.78, 5) is 13.6. The Bertz CT molecular complexity index is 482. The molecule has 7 heteroatoms. The van der Waals surface area contributed by atoms with E-state index in [1.807, 2.05) is 5.43 Å². The fraction of sp³-hybridized carbons (Fsp3) is 0.417. The van der Waals surface area contributed by atoms with E-state index >= 15 is 0 Å². The van der Waals surface area contributed by atoms with Crippen molar-refractivity contribution in [2.45, 2.75) is 19.0 Å². The topological polar surface area (TPSA) is 58.4 Å². The summed E-state index contributed by atoms with van der Waals surface area (Å²) in [5, 5.41) is 0. The lowest BCUT2D eigenvalue weighted by molar-refractivity contribution is -0.137. The van der Waals surface area contributed by atoms with Crippen LogP contribution in [0.5, 0.6) is 0 Å². The Morgan fingerprint density at radius 1 is 1.26 bits per heavy atom. The molecule has 4 nitrogen and oxygen atoms in total. The number of alkyl halides is 3. The molecule has 0 aliphatic carbocycles. The molecule has 1 saturated heterocycles. The molecule has 3 N–H and O–H groups in total. The van der Waals surface area contributed by atoms with Gasteiger partial charge in [0.15, 0.2) is 0 Å². The summed E-state index contributed by atoms with van der Waals surface area (Å²) in [7, 11) is 0. The molecule has 0 bridgehead atoms. The summed E-state index contributed by atoms with van der Waals surface area (Å²) in [6, 6.07) is 3.37. The monoisotopic (exact) mass is 273 g/mol. The lowest BCUT2D eigenvalue weighted by Gasteiger charge is -2.18. The van der Waals surface area contributed by atoms with Gasteiger partial charge < -0.3 is 10.3 Å². The maximum absolute atomic E-state index is 12.8. The van der Waals surface area contributed by atoms with Crippen LogP contribution >= 0.6 is 0 Å². The molecular formula is C12H14F3N3O. The highest BCUT2D eigenvalue weighted by atomic mass is 19.4. The Hall–Kier alpha value is -1.76. The van der Waals surface area contributed by atoms with Gasteiger partial charge in [0.25, 0.3) is 5.91 Å². The fourth-order valence-corrected chi connectivity index (χ4v) is 2.14. The molecule has 0 spiro atoms. The number of amides is 1. The van der Waals surface area contributed by atoms with Crippen molar-refractivity contribution < 1.29 is 18.0 Å². The first-order chi connectivity index (χ1) is 8.93. The van der Waals surface area contributed by atoms with Gasteiger partial charge in [-0.15, -0.1) is 0 Å². The van der Waals surface area contributed by atoms with Crippen LogP contribution in [0.15, 0.2) is 18.2 Å². The molecule has 2 rings (SSSR count). The third-order valence-electron chi connectivity index (χ3n) is 3.12. The summed E-state index contributed by atoms with van der Waals surface area (Å²) < 4.78 is 38.5. The highest BCUT2D eigenvalue weighted by Gasteiger charge is 2.34. The van der Waals surface area contributed by atoms with E-state index in [9.17, 15) is 18.0 Å². The van der Waals surface area contributed by atoms with E-state index in [2.05, 4.69) is 0 Å². The highest BCUT2D eigenvalue weighted by Crippen LogP contribution is 2.35. The molecule has 0 unspecified atom stereocenters. The van der Waals surface area contributed by atoms with Crippen molar-refractivity contribution >= 4 is 11.6 Å². The number of hydrogen-bond donors (Lipinski definition) is 2. The standard InChI is InChI=1S/C12H14F3N3O/c13-12(14,15)9-7-8(3-4-10(9)17-16)11(19)18-5-1-2-6-18/h3-4,7,17H,1-2,5-6,16H2. The number of anilines is 1. The number of carbonyl (C=O) groups is 1. The Labute approximate surface area is 108 Å². The largest absolute Gasteiger partial charge is 0.418 e. The van der Waals surface area contributed by atoms with Gasteiger partial charge in [-0.2, -0.15) is 13.2 Å². The molecule has 0 atom stereocenters. The van der Waals surface area contributed by atoms with Crippen LogP contribution in [0.1, 0.15) is 28.8 Å². The van der Waals surface area contributed by atoms with Crippen LogP contribution in [0.25, 0.3) is 0 Å². The average molecular weight is 273 g/mol. The van der Waals surface area contributed by atoms with Crippen LogP contribution in [-0.4, -0.2) is 23.9 Å². The second-order valence-electron chi connectivity index (χ2n) is 4.40. The van der Waals surface area contributed by atoms with Crippen LogP contribution in [-0.2, 0) is 6.18 Å². The fourth-order valence-electron chi connectivity index (χ4n) is 2.14. The smallest absolute Gasteiger partial charge is 0.339 e. The number of nitrogens with zero attached hydrogens (tertiary/aromatic N) is 1. The van der Waals surface area contributed by atoms with E-state index in [-0.39, 0.29) is 17.2 Å². The summed E-state index contributed by atoms with van der Waals surface area (Å²) in [5.41, 5.74) is 0.853. The molecule has 1 aliphatic rings. The van der Waals surface area contributed by atoms with Gasteiger partial charge in [-0.1, -0.05) is 0 Å². The molecule has 1 aromatic carbocycles. The molecule has 1 amide bonds. The molecule has 0 saturated carbocycles. The summed E-state index contributed by atoms with van der Waals surface area (Å²) in [5.74, 6) is 4.68. The minimum Gasteiger partial charge on any atom is -0.339 e. The Morgan fingerprint density at radius 2 is 1.89 bits per heavy atom. The van der Waals surface area contributed by atoms with Crippen molar-refractivity contribution in [3.63, 3.8) is 0 Å². The third-order valence-corrected chi connectivity index (χ3v) is 3.12. The van der Waals surface area contributed by atoms with Crippen LogP contribution in [0.2, 0.25) is 0 Å². The van der Waals surface area contributed by atoms with Crippen molar-refractivity contribution in [2.24, 2.45) is 5.84 Å². The lowest BCUT2D eigenvalue weighted by Crippen LogP contribution is -2.28. The highest BCUT2D eigenvalue weighted by molar-refractivity contribution is 5.95. The molecule has 1 aliphatic heterocycles. The number of rotatable bonds is 2. The second kappa shape index (κ2) is 5.08. The molecule has 1 heterocycles. The minimum atomic E-state index is -4.55. The first kappa shape index (κ1) is 13.7. The molecule has 0 radical (unpaired) electrons. The minimum absolute atomic E-state index is 0.0354. The Kier molecular flexibility index (Phi) is 3.66. The zero-order valence-electron chi connectivity index (χ0n) is 10.1.